The molecule has 1 saturated heterocycles. The second kappa shape index (κ2) is 6.64. The minimum Gasteiger partial charge on any atom is -0.392 e. The molecule has 20 heavy (non-hydrogen) atoms. The number of ether oxygens (including phenoxy) is 1. The third-order valence-corrected chi connectivity index (χ3v) is 4.70. The highest BCUT2D eigenvalue weighted by molar-refractivity contribution is 7.89. The Morgan fingerprint density at radius 3 is 2.65 bits per heavy atom. The van der Waals surface area contributed by atoms with Crippen LogP contribution in [0.2, 0.25) is 0 Å². The fraction of sp³-hybridized carbons (Fsp3) is 0.538. The van der Waals surface area contributed by atoms with Crippen molar-refractivity contribution in [1.29, 1.82) is 0 Å². The van der Waals surface area contributed by atoms with Gasteiger partial charge < -0.3 is 9.84 Å². The molecule has 1 aromatic rings. The number of hydrogen-bond acceptors (Lipinski definition) is 5. The molecule has 0 aromatic heterocycles. The van der Waals surface area contributed by atoms with Crippen LogP contribution in [0.4, 0.5) is 0 Å². The smallest absolute Gasteiger partial charge is 0.253 e. The van der Waals surface area contributed by atoms with Crippen LogP contribution < -0.4 is 4.83 Å². The second-order valence-electron chi connectivity index (χ2n) is 4.65. The maximum atomic E-state index is 12.5. The lowest BCUT2D eigenvalue weighted by Crippen LogP contribution is -2.48. The molecule has 1 aliphatic heterocycles. The lowest BCUT2D eigenvalue weighted by atomic mass is 10.1. The molecule has 1 fully saturated rings. The van der Waals surface area contributed by atoms with Crippen molar-refractivity contribution < 1.29 is 18.3 Å². The molecule has 6 nitrogen and oxygen atoms in total. The van der Waals surface area contributed by atoms with Gasteiger partial charge in [0.25, 0.3) is 10.0 Å². The Labute approximate surface area is 119 Å². The van der Waals surface area contributed by atoms with Crippen LogP contribution in [0.3, 0.4) is 0 Å². The number of hydrazine groups is 1. The van der Waals surface area contributed by atoms with Gasteiger partial charge in [-0.05, 0) is 23.6 Å². The van der Waals surface area contributed by atoms with Gasteiger partial charge in [-0.3, -0.25) is 0 Å². The Morgan fingerprint density at radius 2 is 2.05 bits per heavy atom. The van der Waals surface area contributed by atoms with Crippen LogP contribution in [0.1, 0.15) is 18.1 Å². The molecule has 0 unspecified atom stereocenters. The number of morpholine rings is 1. The van der Waals surface area contributed by atoms with E-state index in [9.17, 15) is 13.5 Å². The predicted molar refractivity (Wildman–Crippen MR) is 74.5 cm³/mol. The first-order chi connectivity index (χ1) is 9.56. The molecule has 0 bridgehead atoms. The molecule has 0 spiro atoms. The quantitative estimate of drug-likeness (QED) is 0.816. The summed E-state index contributed by atoms with van der Waals surface area (Å²) in [4.78, 5) is 2.82. The number of nitrogens with zero attached hydrogens (tertiary/aromatic N) is 1. The number of nitrogens with one attached hydrogen (secondary N) is 1. The van der Waals surface area contributed by atoms with Crippen molar-refractivity contribution in [1.82, 2.24) is 9.84 Å². The molecule has 2 rings (SSSR count). The van der Waals surface area contributed by atoms with Crippen molar-refractivity contribution in [3.05, 3.63) is 29.3 Å². The molecule has 0 saturated carbocycles. The predicted octanol–water partition coefficient (Wildman–Crippen LogP) is 0.267. The highest BCUT2D eigenvalue weighted by atomic mass is 32.2. The van der Waals surface area contributed by atoms with Gasteiger partial charge in [-0.2, -0.15) is 0 Å². The zero-order valence-corrected chi connectivity index (χ0v) is 12.3. The van der Waals surface area contributed by atoms with Gasteiger partial charge in [0.05, 0.1) is 24.7 Å². The highest BCUT2D eigenvalue weighted by Gasteiger charge is 2.22. The van der Waals surface area contributed by atoms with E-state index in [1.807, 2.05) is 6.92 Å². The van der Waals surface area contributed by atoms with Crippen LogP contribution in [0.5, 0.6) is 0 Å². The third-order valence-electron chi connectivity index (χ3n) is 3.24. The van der Waals surface area contributed by atoms with Gasteiger partial charge in [0.1, 0.15) is 0 Å². The molecule has 112 valence electrons. The lowest BCUT2D eigenvalue weighted by molar-refractivity contribution is 0.0272. The maximum absolute atomic E-state index is 12.5. The average molecular weight is 300 g/mol. The summed E-state index contributed by atoms with van der Waals surface area (Å²) in [5.41, 5.74) is 1.33. The number of benzene rings is 1. The Balaban J connectivity index is 2.27. The first-order valence-corrected chi connectivity index (χ1v) is 8.13. The van der Waals surface area contributed by atoms with Crippen molar-refractivity contribution in [3.63, 3.8) is 0 Å². The summed E-state index contributed by atoms with van der Waals surface area (Å²) < 4.78 is 30.1. The summed E-state index contributed by atoms with van der Waals surface area (Å²) in [5, 5.41) is 10.8. The minimum atomic E-state index is -3.63. The van der Waals surface area contributed by atoms with Crippen LogP contribution in [-0.2, 0) is 27.8 Å². The van der Waals surface area contributed by atoms with Crippen LogP contribution in [0.15, 0.2) is 23.1 Å². The van der Waals surface area contributed by atoms with Crippen LogP contribution in [0.25, 0.3) is 0 Å². The molecule has 1 aliphatic rings. The molecular weight excluding hydrogens is 280 g/mol. The second-order valence-corrected chi connectivity index (χ2v) is 6.28. The van der Waals surface area contributed by atoms with Gasteiger partial charge in [-0.25, -0.2) is 13.4 Å². The van der Waals surface area contributed by atoms with Gasteiger partial charge in [0, 0.05) is 13.1 Å². The lowest BCUT2D eigenvalue weighted by Gasteiger charge is -2.27. The Bertz CT molecular complexity index is 553. The molecule has 1 heterocycles. The van der Waals surface area contributed by atoms with Crippen LogP contribution in [-0.4, -0.2) is 44.8 Å². The maximum Gasteiger partial charge on any atom is 0.253 e. The number of aryl methyl sites for hydroxylation is 1. The first-order valence-electron chi connectivity index (χ1n) is 6.64. The fourth-order valence-corrected chi connectivity index (χ4v) is 3.60. The van der Waals surface area contributed by atoms with Gasteiger partial charge in [-0.1, -0.05) is 19.1 Å². The number of aliphatic hydroxyl groups excluding tert-OH is 1. The van der Waals surface area contributed by atoms with Gasteiger partial charge >= 0.3 is 0 Å². The Hall–Kier alpha value is -0.990. The van der Waals surface area contributed by atoms with Gasteiger partial charge in [0.15, 0.2) is 0 Å². The molecule has 0 atom stereocenters. The van der Waals surface area contributed by atoms with E-state index in [0.29, 0.717) is 38.3 Å². The van der Waals surface area contributed by atoms with E-state index in [2.05, 4.69) is 4.83 Å². The van der Waals surface area contributed by atoms with E-state index >= 15 is 0 Å². The summed E-state index contributed by atoms with van der Waals surface area (Å²) in [6, 6.07) is 5.02. The molecule has 7 heteroatoms. The molecule has 1 aromatic carbocycles. The minimum absolute atomic E-state index is 0.177. The summed E-state index contributed by atoms with van der Waals surface area (Å²) in [6.45, 7) is 3.81. The largest absolute Gasteiger partial charge is 0.392 e. The van der Waals surface area contributed by atoms with Crippen molar-refractivity contribution in [3.8, 4) is 0 Å². The SMILES string of the molecule is CCc1ccc(CO)cc1S(=O)(=O)NN1CCOCC1. The van der Waals surface area contributed by atoms with Crippen molar-refractivity contribution >= 4 is 10.0 Å². The van der Waals surface area contributed by atoms with E-state index in [4.69, 9.17) is 4.74 Å². The molecule has 2 N–H and O–H groups in total. The van der Waals surface area contributed by atoms with Crippen molar-refractivity contribution in [2.45, 2.75) is 24.8 Å². The Kier molecular flexibility index (Phi) is 5.11. The number of rotatable bonds is 5. The first kappa shape index (κ1) is 15.4. The monoisotopic (exact) mass is 300 g/mol. The zero-order chi connectivity index (χ0) is 14.6. The fourth-order valence-electron chi connectivity index (χ4n) is 2.11. The number of hydrogen-bond donors (Lipinski definition) is 2. The summed E-state index contributed by atoms with van der Waals surface area (Å²) in [7, 11) is -3.63. The average Bonchev–Trinajstić information content (AvgIpc) is 2.47. The van der Waals surface area contributed by atoms with Crippen molar-refractivity contribution in [2.75, 3.05) is 26.3 Å². The molecule has 0 radical (unpaired) electrons. The topological polar surface area (TPSA) is 78.9 Å². The third kappa shape index (κ3) is 3.56. The number of sulfonamides is 1. The van der Waals surface area contributed by atoms with Crippen molar-refractivity contribution in [2.24, 2.45) is 0 Å². The van der Waals surface area contributed by atoms with E-state index in [-0.39, 0.29) is 11.5 Å². The molecular formula is C13H20N2O4S. The Morgan fingerprint density at radius 1 is 1.35 bits per heavy atom. The normalized spacial score (nSPS) is 17.3. The van der Waals surface area contributed by atoms with E-state index < -0.39 is 10.0 Å². The van der Waals surface area contributed by atoms with Gasteiger partial charge in [0.2, 0.25) is 0 Å². The van der Waals surface area contributed by atoms with E-state index in [0.717, 1.165) is 5.56 Å². The van der Waals surface area contributed by atoms with Crippen LogP contribution in [0, 0.1) is 0 Å². The van der Waals surface area contributed by atoms with E-state index in [1.165, 1.54) is 6.07 Å². The number of aliphatic hydroxyl groups is 1. The zero-order valence-electron chi connectivity index (χ0n) is 11.5. The highest BCUT2D eigenvalue weighted by Crippen LogP contribution is 2.19. The summed E-state index contributed by atoms with van der Waals surface area (Å²) in [6.07, 6.45) is 0.616. The van der Waals surface area contributed by atoms with Gasteiger partial charge in [-0.15, -0.1) is 4.83 Å². The molecule has 0 aliphatic carbocycles. The molecule has 0 amide bonds. The standard InChI is InChI=1S/C13H20N2O4S/c1-2-12-4-3-11(10-16)9-13(12)20(17,18)14-15-5-7-19-8-6-15/h3-4,9,14,16H,2,5-8,10H2,1H3. The summed E-state index contributed by atoms with van der Waals surface area (Å²) >= 11 is 0. The van der Waals surface area contributed by atoms with E-state index in [1.54, 1.807) is 17.1 Å². The summed E-state index contributed by atoms with van der Waals surface area (Å²) in [5.74, 6) is 0. The van der Waals surface area contributed by atoms with Crippen LogP contribution >= 0.6 is 0 Å².